The van der Waals surface area contributed by atoms with Gasteiger partial charge in [-0.05, 0) is 31.2 Å². The highest BCUT2D eigenvalue weighted by atomic mass is 35.5. The molecule has 0 saturated heterocycles. The molecular weight excluding hydrogens is 220 g/mol. The Kier molecular flexibility index (Phi) is 4.98. The molecule has 0 saturated carbocycles. The van der Waals surface area contributed by atoms with Gasteiger partial charge in [0.2, 0.25) is 0 Å². The number of thiophene rings is 1. The molecule has 1 unspecified atom stereocenters. The summed E-state index contributed by atoms with van der Waals surface area (Å²) in [6.45, 7) is 2.17. The van der Waals surface area contributed by atoms with E-state index in [1.807, 2.05) is 17.5 Å². The van der Waals surface area contributed by atoms with E-state index in [1.165, 1.54) is 4.88 Å². The van der Waals surface area contributed by atoms with Gasteiger partial charge in [0.25, 0.3) is 0 Å². The van der Waals surface area contributed by atoms with Crippen LogP contribution in [0.3, 0.4) is 0 Å². The fourth-order valence-electron chi connectivity index (χ4n) is 1.07. The molecule has 0 amide bonds. The van der Waals surface area contributed by atoms with E-state index < -0.39 is 5.38 Å². The topological polar surface area (TPSA) is 26.3 Å². The number of carbonyl (C=O) groups excluding carboxylic acids is 1. The minimum atomic E-state index is -0.517. The van der Waals surface area contributed by atoms with E-state index in [0.29, 0.717) is 13.0 Å². The van der Waals surface area contributed by atoms with E-state index in [-0.39, 0.29) is 5.97 Å². The van der Waals surface area contributed by atoms with Crippen molar-refractivity contribution in [2.24, 2.45) is 0 Å². The summed E-state index contributed by atoms with van der Waals surface area (Å²) in [5.74, 6) is -0.314. The van der Waals surface area contributed by atoms with Crippen LogP contribution >= 0.6 is 22.9 Å². The van der Waals surface area contributed by atoms with E-state index in [9.17, 15) is 4.79 Å². The smallest absolute Gasteiger partial charge is 0.324 e. The van der Waals surface area contributed by atoms with Crippen molar-refractivity contribution in [3.05, 3.63) is 22.4 Å². The molecule has 1 aromatic heterocycles. The third-order valence-corrected chi connectivity index (χ3v) is 3.10. The van der Waals surface area contributed by atoms with Crippen LogP contribution in [0.4, 0.5) is 0 Å². The summed E-state index contributed by atoms with van der Waals surface area (Å²) in [5.41, 5.74) is 0. The Labute approximate surface area is 92.8 Å². The lowest BCUT2D eigenvalue weighted by Crippen LogP contribution is -2.18. The van der Waals surface area contributed by atoms with Gasteiger partial charge >= 0.3 is 5.97 Å². The molecule has 0 fully saturated rings. The minimum Gasteiger partial charge on any atom is -0.465 e. The summed E-state index contributed by atoms with van der Waals surface area (Å²) < 4.78 is 4.81. The van der Waals surface area contributed by atoms with Crippen molar-refractivity contribution >= 4 is 28.9 Å². The molecule has 0 aliphatic heterocycles. The van der Waals surface area contributed by atoms with Gasteiger partial charge in [0.05, 0.1) is 6.61 Å². The molecular formula is C10H13ClO2S. The second kappa shape index (κ2) is 6.04. The lowest BCUT2D eigenvalue weighted by Gasteiger charge is -2.07. The molecule has 4 heteroatoms. The lowest BCUT2D eigenvalue weighted by atomic mass is 10.2. The van der Waals surface area contributed by atoms with E-state index >= 15 is 0 Å². The number of rotatable bonds is 5. The number of esters is 1. The number of aryl methyl sites for hydroxylation is 1. The van der Waals surface area contributed by atoms with Gasteiger partial charge in [0.1, 0.15) is 5.38 Å². The second-order valence-corrected chi connectivity index (χ2v) is 4.40. The van der Waals surface area contributed by atoms with Crippen molar-refractivity contribution < 1.29 is 9.53 Å². The first-order chi connectivity index (χ1) is 6.74. The van der Waals surface area contributed by atoms with Gasteiger partial charge in [-0.15, -0.1) is 22.9 Å². The molecule has 0 bridgehead atoms. The van der Waals surface area contributed by atoms with Crippen LogP contribution in [0.1, 0.15) is 18.2 Å². The number of halogens is 1. The van der Waals surface area contributed by atoms with Gasteiger partial charge in [-0.25, -0.2) is 0 Å². The summed E-state index contributed by atoms with van der Waals surface area (Å²) in [6, 6.07) is 4.03. The summed E-state index contributed by atoms with van der Waals surface area (Å²) >= 11 is 7.54. The molecule has 1 aromatic rings. The zero-order valence-electron chi connectivity index (χ0n) is 8.03. The molecule has 78 valence electrons. The van der Waals surface area contributed by atoms with Gasteiger partial charge in [0, 0.05) is 4.88 Å². The lowest BCUT2D eigenvalue weighted by molar-refractivity contribution is -0.142. The maximum absolute atomic E-state index is 11.2. The molecule has 14 heavy (non-hydrogen) atoms. The summed E-state index contributed by atoms with van der Waals surface area (Å²) in [5, 5.41) is 1.50. The molecule has 0 N–H and O–H groups in total. The van der Waals surface area contributed by atoms with Crippen LogP contribution in [0.15, 0.2) is 17.5 Å². The van der Waals surface area contributed by atoms with E-state index in [4.69, 9.17) is 16.3 Å². The largest absolute Gasteiger partial charge is 0.465 e. The zero-order valence-corrected chi connectivity index (χ0v) is 9.61. The normalized spacial score (nSPS) is 12.4. The third-order valence-electron chi connectivity index (χ3n) is 1.77. The number of hydrogen-bond acceptors (Lipinski definition) is 3. The Morgan fingerprint density at radius 3 is 3.07 bits per heavy atom. The standard InChI is InChI=1S/C10H13ClO2S/c1-2-13-10(12)9(11)6-5-8-4-3-7-14-8/h3-4,7,9H,2,5-6H2,1H3. The Morgan fingerprint density at radius 1 is 1.71 bits per heavy atom. The Balaban J connectivity index is 2.27. The monoisotopic (exact) mass is 232 g/mol. The highest BCUT2D eigenvalue weighted by Gasteiger charge is 2.15. The molecule has 0 spiro atoms. The van der Waals surface area contributed by atoms with E-state index in [1.54, 1.807) is 18.3 Å². The zero-order chi connectivity index (χ0) is 10.4. The average Bonchev–Trinajstić information content (AvgIpc) is 2.67. The first-order valence-electron chi connectivity index (χ1n) is 4.57. The average molecular weight is 233 g/mol. The second-order valence-electron chi connectivity index (χ2n) is 2.84. The van der Waals surface area contributed by atoms with Gasteiger partial charge < -0.3 is 4.74 Å². The maximum atomic E-state index is 11.2. The van der Waals surface area contributed by atoms with Crippen LogP contribution in [0.5, 0.6) is 0 Å². The fraction of sp³-hybridized carbons (Fsp3) is 0.500. The maximum Gasteiger partial charge on any atom is 0.324 e. The Bertz CT molecular complexity index is 272. The van der Waals surface area contributed by atoms with Gasteiger partial charge in [-0.2, -0.15) is 0 Å². The molecule has 0 aliphatic rings. The predicted molar refractivity (Wildman–Crippen MR) is 58.9 cm³/mol. The number of carbonyl (C=O) groups is 1. The van der Waals surface area contributed by atoms with E-state index in [0.717, 1.165) is 6.42 Å². The summed E-state index contributed by atoms with van der Waals surface area (Å²) in [4.78, 5) is 12.4. The molecule has 0 aromatic carbocycles. The molecule has 1 rings (SSSR count). The molecule has 0 aliphatic carbocycles. The third kappa shape index (κ3) is 3.68. The van der Waals surface area contributed by atoms with Crippen LogP contribution in [-0.4, -0.2) is 18.0 Å². The highest BCUT2D eigenvalue weighted by molar-refractivity contribution is 7.09. The molecule has 1 atom stereocenters. The van der Waals surface area contributed by atoms with Crippen LogP contribution in [0, 0.1) is 0 Å². The molecule has 0 radical (unpaired) electrons. The van der Waals surface area contributed by atoms with Gasteiger partial charge in [-0.1, -0.05) is 6.07 Å². The summed E-state index contributed by atoms with van der Waals surface area (Å²) in [7, 11) is 0. The van der Waals surface area contributed by atoms with Crippen molar-refractivity contribution in [1.29, 1.82) is 0 Å². The first-order valence-corrected chi connectivity index (χ1v) is 5.88. The predicted octanol–water partition coefficient (Wildman–Crippen LogP) is 2.85. The van der Waals surface area contributed by atoms with Crippen molar-refractivity contribution in [3.8, 4) is 0 Å². The quantitative estimate of drug-likeness (QED) is 0.577. The van der Waals surface area contributed by atoms with Crippen molar-refractivity contribution in [2.45, 2.75) is 25.1 Å². The summed E-state index contributed by atoms with van der Waals surface area (Å²) in [6.07, 6.45) is 1.48. The number of alkyl halides is 1. The van der Waals surface area contributed by atoms with Crippen molar-refractivity contribution in [3.63, 3.8) is 0 Å². The van der Waals surface area contributed by atoms with Crippen LogP contribution in [0.25, 0.3) is 0 Å². The number of hydrogen-bond donors (Lipinski definition) is 0. The Hall–Kier alpha value is -0.540. The van der Waals surface area contributed by atoms with Crippen molar-refractivity contribution in [1.82, 2.24) is 0 Å². The SMILES string of the molecule is CCOC(=O)C(Cl)CCc1cccs1. The van der Waals surface area contributed by atoms with Crippen LogP contribution in [-0.2, 0) is 16.0 Å². The first kappa shape index (κ1) is 11.5. The van der Waals surface area contributed by atoms with E-state index in [2.05, 4.69) is 0 Å². The highest BCUT2D eigenvalue weighted by Crippen LogP contribution is 2.15. The van der Waals surface area contributed by atoms with Crippen LogP contribution in [0.2, 0.25) is 0 Å². The Morgan fingerprint density at radius 2 is 2.50 bits per heavy atom. The molecule has 2 nitrogen and oxygen atoms in total. The van der Waals surface area contributed by atoms with Crippen LogP contribution < -0.4 is 0 Å². The molecule has 1 heterocycles. The number of ether oxygens (including phenoxy) is 1. The fourth-order valence-corrected chi connectivity index (χ4v) is 1.97. The van der Waals surface area contributed by atoms with Crippen molar-refractivity contribution in [2.75, 3.05) is 6.61 Å². The minimum absolute atomic E-state index is 0.314. The van der Waals surface area contributed by atoms with Gasteiger partial charge in [0.15, 0.2) is 0 Å². The van der Waals surface area contributed by atoms with Gasteiger partial charge in [-0.3, -0.25) is 4.79 Å².